The highest BCUT2D eigenvalue weighted by Crippen LogP contribution is 2.37. The highest BCUT2D eigenvalue weighted by molar-refractivity contribution is 7.80. The van der Waals surface area contributed by atoms with Crippen molar-refractivity contribution in [2.24, 2.45) is 17.3 Å². The van der Waals surface area contributed by atoms with Gasteiger partial charge in [0.1, 0.15) is 0 Å². The number of fused-ring (bicyclic) bond motifs is 1. The molecule has 106 valence electrons. The number of thiocarbonyl (C=S) groups is 1. The molecule has 0 spiro atoms. The quantitative estimate of drug-likeness (QED) is 0.516. The highest BCUT2D eigenvalue weighted by Gasteiger charge is 2.13. The molecule has 2 N–H and O–H groups in total. The van der Waals surface area contributed by atoms with Gasteiger partial charge in [-0.2, -0.15) is 0 Å². The third kappa shape index (κ3) is 2.94. The molecule has 1 aromatic carbocycles. The number of nitrogens with one attached hydrogen (secondary N) is 1. The van der Waals surface area contributed by atoms with Crippen LogP contribution < -0.4 is 5.32 Å². The Labute approximate surface area is 122 Å². The molecule has 0 amide bonds. The molecular weight excluding hydrogens is 276 g/mol. The predicted octanol–water partition coefficient (Wildman–Crippen LogP) is 2.49. The summed E-state index contributed by atoms with van der Waals surface area (Å²) in [5.74, 6) is 0.0645. The van der Waals surface area contributed by atoms with Gasteiger partial charge in [0.25, 0.3) is 0 Å². The third-order valence-electron chi connectivity index (χ3n) is 2.87. The first-order chi connectivity index (χ1) is 9.65. The number of aryl methyl sites for hydroxylation is 1. The summed E-state index contributed by atoms with van der Waals surface area (Å²) in [5, 5.41) is 22.0. The van der Waals surface area contributed by atoms with E-state index in [2.05, 4.69) is 15.5 Å². The van der Waals surface area contributed by atoms with Gasteiger partial charge in [0.05, 0.1) is 12.1 Å². The number of hydrogen-bond donors (Lipinski definition) is 2. The lowest BCUT2D eigenvalue weighted by Crippen LogP contribution is -2.23. The number of nitrogens with zero attached hydrogens (tertiary/aromatic N) is 3. The smallest absolute Gasteiger partial charge is 0.220 e. The van der Waals surface area contributed by atoms with Crippen molar-refractivity contribution in [2.45, 2.75) is 0 Å². The molecule has 0 radical (unpaired) electrons. The highest BCUT2D eigenvalue weighted by atomic mass is 32.1. The van der Waals surface area contributed by atoms with Crippen molar-refractivity contribution >= 4 is 33.9 Å². The van der Waals surface area contributed by atoms with E-state index in [0.717, 1.165) is 10.9 Å². The van der Waals surface area contributed by atoms with E-state index in [1.54, 1.807) is 18.7 Å². The summed E-state index contributed by atoms with van der Waals surface area (Å²) >= 11 is 5.02. The average Bonchev–Trinajstić information content (AvgIpc) is 2.70. The van der Waals surface area contributed by atoms with Gasteiger partial charge in [-0.25, -0.2) is 0 Å². The molecule has 0 saturated heterocycles. The fraction of sp³-hybridized carbons (Fsp3) is 0.308. The summed E-state index contributed by atoms with van der Waals surface area (Å²) in [4.78, 5) is 0. The van der Waals surface area contributed by atoms with Gasteiger partial charge in [-0.1, -0.05) is 18.2 Å². The van der Waals surface area contributed by atoms with Crippen LogP contribution in [0.25, 0.3) is 10.9 Å². The van der Waals surface area contributed by atoms with Crippen molar-refractivity contribution < 1.29 is 9.84 Å². The number of rotatable bonds is 4. The van der Waals surface area contributed by atoms with E-state index < -0.39 is 0 Å². The van der Waals surface area contributed by atoms with Crippen LogP contribution in [0.1, 0.15) is 0 Å². The Balaban J connectivity index is 2.21. The number of ether oxygens (including phenoxy) is 1. The Morgan fingerprint density at radius 2 is 2.20 bits per heavy atom. The van der Waals surface area contributed by atoms with Gasteiger partial charge in [-0.15, -0.1) is 10.2 Å². The SMILES string of the molecule is COCCNC(=S)N=Nc1c(O)n(C)c2ccccc12. The number of aromatic nitrogens is 1. The summed E-state index contributed by atoms with van der Waals surface area (Å²) < 4.78 is 6.56. The second-order valence-electron chi connectivity index (χ2n) is 4.17. The summed E-state index contributed by atoms with van der Waals surface area (Å²) in [7, 11) is 3.38. The summed E-state index contributed by atoms with van der Waals surface area (Å²) in [6.07, 6.45) is 0. The van der Waals surface area contributed by atoms with E-state index in [1.807, 2.05) is 24.3 Å². The first-order valence-corrected chi connectivity index (χ1v) is 6.51. The lowest BCUT2D eigenvalue weighted by Gasteiger charge is -2.00. The van der Waals surface area contributed by atoms with Crippen LogP contribution in [-0.4, -0.2) is 35.0 Å². The first kappa shape index (κ1) is 14.4. The molecule has 0 aliphatic carbocycles. The van der Waals surface area contributed by atoms with Crippen LogP contribution in [0.3, 0.4) is 0 Å². The van der Waals surface area contributed by atoms with Crippen molar-refractivity contribution in [2.75, 3.05) is 20.3 Å². The summed E-state index contributed by atoms with van der Waals surface area (Å²) in [6, 6.07) is 7.57. The maximum absolute atomic E-state index is 10.1. The molecule has 7 heteroatoms. The van der Waals surface area contributed by atoms with Gasteiger partial charge < -0.3 is 19.7 Å². The normalized spacial score (nSPS) is 11.3. The molecule has 0 aliphatic rings. The monoisotopic (exact) mass is 292 g/mol. The van der Waals surface area contributed by atoms with Crippen LogP contribution in [0.5, 0.6) is 5.88 Å². The lowest BCUT2D eigenvalue weighted by atomic mass is 10.2. The van der Waals surface area contributed by atoms with Crippen LogP contribution in [0, 0.1) is 0 Å². The zero-order valence-electron chi connectivity index (χ0n) is 11.3. The fourth-order valence-electron chi connectivity index (χ4n) is 1.85. The van der Waals surface area contributed by atoms with Gasteiger partial charge >= 0.3 is 0 Å². The maximum Gasteiger partial charge on any atom is 0.220 e. The minimum absolute atomic E-state index is 0.0645. The topological polar surface area (TPSA) is 71.1 Å². The molecule has 1 aromatic heterocycles. The Morgan fingerprint density at radius 1 is 1.45 bits per heavy atom. The van der Waals surface area contributed by atoms with Gasteiger partial charge in [0.2, 0.25) is 11.0 Å². The van der Waals surface area contributed by atoms with Gasteiger partial charge in [0, 0.05) is 26.1 Å². The Morgan fingerprint density at radius 3 is 2.95 bits per heavy atom. The van der Waals surface area contributed by atoms with E-state index in [0.29, 0.717) is 18.8 Å². The maximum atomic E-state index is 10.1. The molecule has 20 heavy (non-hydrogen) atoms. The molecule has 2 rings (SSSR count). The Kier molecular flexibility index (Phi) is 4.65. The van der Waals surface area contributed by atoms with Crippen LogP contribution in [-0.2, 0) is 11.8 Å². The van der Waals surface area contributed by atoms with Crippen molar-refractivity contribution in [1.29, 1.82) is 0 Å². The van der Waals surface area contributed by atoms with E-state index in [-0.39, 0.29) is 11.0 Å². The Hall–Kier alpha value is -1.99. The first-order valence-electron chi connectivity index (χ1n) is 6.10. The summed E-state index contributed by atoms with van der Waals surface area (Å²) in [6.45, 7) is 1.10. The van der Waals surface area contributed by atoms with E-state index >= 15 is 0 Å². The van der Waals surface area contributed by atoms with E-state index in [9.17, 15) is 5.11 Å². The average molecular weight is 292 g/mol. The second-order valence-corrected chi connectivity index (χ2v) is 4.56. The number of methoxy groups -OCH3 is 1. The lowest BCUT2D eigenvalue weighted by molar-refractivity contribution is 0.204. The van der Waals surface area contributed by atoms with Gasteiger partial charge in [-0.05, 0) is 18.3 Å². The van der Waals surface area contributed by atoms with Crippen LogP contribution >= 0.6 is 12.2 Å². The molecule has 0 fully saturated rings. The van der Waals surface area contributed by atoms with Gasteiger partial charge in [-0.3, -0.25) is 0 Å². The molecule has 0 saturated carbocycles. The fourth-order valence-corrected chi connectivity index (χ4v) is 1.99. The van der Waals surface area contributed by atoms with Crippen molar-refractivity contribution in [1.82, 2.24) is 9.88 Å². The molecule has 0 atom stereocenters. The number of benzene rings is 1. The number of aromatic hydroxyl groups is 1. The van der Waals surface area contributed by atoms with E-state index in [1.165, 1.54) is 0 Å². The molecular formula is C13H16N4O2S. The predicted molar refractivity (Wildman–Crippen MR) is 81.6 cm³/mol. The molecule has 0 unspecified atom stereocenters. The number of azo groups is 1. The molecule has 6 nitrogen and oxygen atoms in total. The molecule has 0 aliphatic heterocycles. The third-order valence-corrected chi connectivity index (χ3v) is 3.10. The molecule has 2 aromatic rings. The minimum Gasteiger partial charge on any atom is -0.493 e. The van der Waals surface area contributed by atoms with Crippen LogP contribution in [0.15, 0.2) is 34.5 Å². The van der Waals surface area contributed by atoms with E-state index in [4.69, 9.17) is 17.0 Å². The largest absolute Gasteiger partial charge is 0.493 e. The van der Waals surface area contributed by atoms with Gasteiger partial charge in [0.15, 0.2) is 5.69 Å². The minimum atomic E-state index is 0.0645. The van der Waals surface area contributed by atoms with Crippen LogP contribution in [0.4, 0.5) is 5.69 Å². The zero-order chi connectivity index (χ0) is 14.5. The van der Waals surface area contributed by atoms with Crippen molar-refractivity contribution in [3.63, 3.8) is 0 Å². The molecule has 1 heterocycles. The Bertz CT molecular complexity index is 651. The standard InChI is InChI=1S/C13H16N4O2S/c1-17-10-6-4-3-5-9(10)11(12(17)18)15-16-13(20)14-7-8-19-2/h3-6,18H,7-8H2,1-2H3,(H,14,20). The second kappa shape index (κ2) is 6.44. The molecule has 0 bridgehead atoms. The zero-order valence-corrected chi connectivity index (χ0v) is 12.1. The summed E-state index contributed by atoms with van der Waals surface area (Å²) in [5.41, 5.74) is 1.30. The number of hydrogen-bond acceptors (Lipinski definition) is 4. The van der Waals surface area contributed by atoms with Crippen molar-refractivity contribution in [3.05, 3.63) is 24.3 Å². The van der Waals surface area contributed by atoms with Crippen LogP contribution in [0.2, 0.25) is 0 Å². The number of para-hydroxylation sites is 1. The van der Waals surface area contributed by atoms with Crippen molar-refractivity contribution in [3.8, 4) is 5.88 Å².